The molecular formula is C25H27F3N4O2. The SMILES string of the molecule is Cc1cc(N2CCCN(C)CC2)nc2ccc(NC(=O)COc3ccc(C(F)(F)F)cc3)cc12. The second-order valence-corrected chi connectivity index (χ2v) is 8.53. The van der Waals surface area contributed by atoms with Crippen molar-refractivity contribution in [2.24, 2.45) is 0 Å². The molecular weight excluding hydrogens is 445 g/mol. The Bertz CT molecular complexity index is 1170. The van der Waals surface area contributed by atoms with Crippen LogP contribution < -0.4 is 15.0 Å². The lowest BCUT2D eigenvalue weighted by Gasteiger charge is -2.22. The summed E-state index contributed by atoms with van der Waals surface area (Å²) in [6.45, 7) is 5.68. The summed E-state index contributed by atoms with van der Waals surface area (Å²) in [6, 6.07) is 11.8. The monoisotopic (exact) mass is 472 g/mol. The molecule has 2 heterocycles. The maximum Gasteiger partial charge on any atom is 0.416 e. The molecule has 6 nitrogen and oxygen atoms in total. The second-order valence-electron chi connectivity index (χ2n) is 8.53. The first kappa shape index (κ1) is 23.8. The van der Waals surface area contributed by atoms with Gasteiger partial charge in [0.1, 0.15) is 11.6 Å². The van der Waals surface area contributed by atoms with Gasteiger partial charge in [0, 0.05) is 30.7 Å². The number of anilines is 2. The molecule has 1 amide bonds. The summed E-state index contributed by atoms with van der Waals surface area (Å²) in [5.74, 6) is 0.742. The molecule has 3 aromatic rings. The Kier molecular flexibility index (Phi) is 6.92. The number of fused-ring (bicyclic) bond motifs is 1. The zero-order chi connectivity index (χ0) is 24.3. The smallest absolute Gasteiger partial charge is 0.416 e. The Morgan fingerprint density at radius 1 is 1.06 bits per heavy atom. The number of carbonyl (C=O) groups excluding carboxylic acids is 1. The molecule has 4 rings (SSSR count). The van der Waals surface area contributed by atoms with Gasteiger partial charge >= 0.3 is 6.18 Å². The van der Waals surface area contributed by atoms with Gasteiger partial charge in [0.2, 0.25) is 0 Å². The van der Waals surface area contributed by atoms with E-state index in [-0.39, 0.29) is 12.4 Å². The fraction of sp³-hybridized carbons (Fsp3) is 0.360. The average molecular weight is 473 g/mol. The zero-order valence-corrected chi connectivity index (χ0v) is 19.2. The van der Waals surface area contributed by atoms with E-state index in [9.17, 15) is 18.0 Å². The molecule has 34 heavy (non-hydrogen) atoms. The fourth-order valence-corrected chi connectivity index (χ4v) is 3.98. The van der Waals surface area contributed by atoms with Crippen LogP contribution in [-0.2, 0) is 11.0 Å². The van der Waals surface area contributed by atoms with Crippen LogP contribution in [-0.4, -0.2) is 55.6 Å². The number of amides is 1. The Morgan fingerprint density at radius 3 is 2.56 bits per heavy atom. The minimum atomic E-state index is -4.41. The highest BCUT2D eigenvalue weighted by atomic mass is 19.4. The fourth-order valence-electron chi connectivity index (χ4n) is 3.98. The first-order valence-corrected chi connectivity index (χ1v) is 11.1. The van der Waals surface area contributed by atoms with Crippen molar-refractivity contribution in [3.8, 4) is 5.75 Å². The number of nitrogens with zero attached hydrogens (tertiary/aromatic N) is 3. The van der Waals surface area contributed by atoms with Gasteiger partial charge < -0.3 is 19.9 Å². The highest BCUT2D eigenvalue weighted by Gasteiger charge is 2.30. The number of carbonyl (C=O) groups is 1. The van der Waals surface area contributed by atoms with Crippen LogP contribution in [0.25, 0.3) is 10.9 Å². The van der Waals surface area contributed by atoms with Crippen molar-refractivity contribution < 1.29 is 22.7 Å². The molecule has 1 aliphatic heterocycles. The van der Waals surface area contributed by atoms with Crippen molar-refractivity contribution in [3.05, 3.63) is 59.7 Å². The van der Waals surface area contributed by atoms with Gasteiger partial charge in [-0.05, 0) is 81.0 Å². The van der Waals surface area contributed by atoms with Crippen molar-refractivity contribution >= 4 is 28.3 Å². The molecule has 2 aromatic carbocycles. The van der Waals surface area contributed by atoms with Crippen LogP contribution in [0.15, 0.2) is 48.5 Å². The van der Waals surface area contributed by atoms with Crippen molar-refractivity contribution in [3.63, 3.8) is 0 Å². The number of rotatable bonds is 5. The number of benzene rings is 2. The third-order valence-electron chi connectivity index (χ3n) is 5.88. The van der Waals surface area contributed by atoms with E-state index < -0.39 is 17.6 Å². The predicted molar refractivity (Wildman–Crippen MR) is 126 cm³/mol. The topological polar surface area (TPSA) is 57.7 Å². The zero-order valence-electron chi connectivity index (χ0n) is 19.2. The van der Waals surface area contributed by atoms with E-state index in [1.165, 1.54) is 12.1 Å². The van der Waals surface area contributed by atoms with E-state index in [1.807, 2.05) is 19.1 Å². The Hall–Kier alpha value is -3.33. The van der Waals surface area contributed by atoms with Gasteiger partial charge in [-0.25, -0.2) is 4.98 Å². The lowest BCUT2D eigenvalue weighted by Crippen LogP contribution is -2.29. The summed E-state index contributed by atoms with van der Waals surface area (Å²) in [4.78, 5) is 21.8. The molecule has 180 valence electrons. The van der Waals surface area contributed by atoms with Crippen molar-refractivity contribution in [2.75, 3.05) is 50.1 Å². The number of halogens is 3. The van der Waals surface area contributed by atoms with E-state index in [2.05, 4.69) is 28.2 Å². The number of ether oxygens (including phenoxy) is 1. The molecule has 0 unspecified atom stereocenters. The first-order valence-electron chi connectivity index (χ1n) is 11.1. The minimum Gasteiger partial charge on any atom is -0.484 e. The van der Waals surface area contributed by atoms with Gasteiger partial charge in [0.15, 0.2) is 6.61 Å². The first-order chi connectivity index (χ1) is 16.2. The standard InChI is InChI=1S/C25H27F3N4O2/c1-17-14-23(32-11-3-10-31(2)12-13-32)30-22-9-6-19(15-21(17)22)29-24(33)16-34-20-7-4-18(5-8-20)25(26,27)28/h4-9,14-15H,3,10-13,16H2,1-2H3,(H,29,33). The van der Waals surface area contributed by atoms with E-state index in [0.717, 1.165) is 67.0 Å². The summed E-state index contributed by atoms with van der Waals surface area (Å²) in [5.41, 5.74) is 1.75. The molecule has 0 spiro atoms. The van der Waals surface area contributed by atoms with Crippen molar-refractivity contribution in [1.82, 2.24) is 9.88 Å². The number of likely N-dealkylation sites (N-methyl/N-ethyl adjacent to an activating group) is 1. The van der Waals surface area contributed by atoms with Gasteiger partial charge in [-0.15, -0.1) is 0 Å². The van der Waals surface area contributed by atoms with Gasteiger partial charge in [-0.2, -0.15) is 13.2 Å². The molecule has 1 saturated heterocycles. The number of hydrogen-bond donors (Lipinski definition) is 1. The summed E-state index contributed by atoms with van der Waals surface area (Å²) >= 11 is 0. The van der Waals surface area contributed by atoms with Crippen molar-refractivity contribution in [2.45, 2.75) is 19.5 Å². The van der Waals surface area contributed by atoms with E-state index in [0.29, 0.717) is 5.69 Å². The average Bonchev–Trinajstić information content (AvgIpc) is 3.02. The largest absolute Gasteiger partial charge is 0.484 e. The predicted octanol–water partition coefficient (Wildman–Crippen LogP) is 4.72. The molecule has 1 fully saturated rings. The highest BCUT2D eigenvalue weighted by molar-refractivity contribution is 5.95. The third-order valence-corrected chi connectivity index (χ3v) is 5.88. The van der Waals surface area contributed by atoms with Crippen LogP contribution in [0.1, 0.15) is 17.5 Å². The van der Waals surface area contributed by atoms with Gasteiger partial charge in [0.05, 0.1) is 11.1 Å². The number of alkyl halides is 3. The van der Waals surface area contributed by atoms with Crippen LogP contribution >= 0.6 is 0 Å². The van der Waals surface area contributed by atoms with Gasteiger partial charge in [-0.3, -0.25) is 4.79 Å². The lowest BCUT2D eigenvalue weighted by molar-refractivity contribution is -0.137. The Balaban J connectivity index is 1.40. The van der Waals surface area contributed by atoms with Crippen LogP contribution in [0.2, 0.25) is 0 Å². The number of pyridine rings is 1. The number of nitrogens with one attached hydrogen (secondary N) is 1. The van der Waals surface area contributed by atoms with E-state index >= 15 is 0 Å². The molecule has 0 bridgehead atoms. The summed E-state index contributed by atoms with van der Waals surface area (Å²) in [5, 5.41) is 3.71. The second kappa shape index (κ2) is 9.89. The Morgan fingerprint density at radius 2 is 1.82 bits per heavy atom. The van der Waals surface area contributed by atoms with Crippen LogP contribution in [0.5, 0.6) is 5.75 Å². The quantitative estimate of drug-likeness (QED) is 0.582. The van der Waals surface area contributed by atoms with Crippen molar-refractivity contribution in [1.29, 1.82) is 0 Å². The van der Waals surface area contributed by atoms with E-state index in [1.54, 1.807) is 6.07 Å². The normalized spacial score (nSPS) is 15.3. The summed E-state index contributed by atoms with van der Waals surface area (Å²) in [6.07, 6.45) is -3.32. The van der Waals surface area contributed by atoms with Gasteiger partial charge in [-0.1, -0.05) is 0 Å². The molecule has 1 N–H and O–H groups in total. The molecule has 0 atom stereocenters. The maximum absolute atomic E-state index is 12.6. The minimum absolute atomic E-state index is 0.189. The summed E-state index contributed by atoms with van der Waals surface area (Å²) < 4.78 is 43.3. The number of aromatic nitrogens is 1. The third kappa shape index (κ3) is 5.77. The maximum atomic E-state index is 12.6. The van der Waals surface area contributed by atoms with E-state index in [4.69, 9.17) is 9.72 Å². The Labute approximate surface area is 196 Å². The lowest BCUT2D eigenvalue weighted by atomic mass is 10.1. The summed E-state index contributed by atoms with van der Waals surface area (Å²) in [7, 11) is 2.13. The molecule has 1 aliphatic rings. The molecule has 0 radical (unpaired) electrons. The molecule has 0 saturated carbocycles. The molecule has 9 heteroatoms. The van der Waals surface area contributed by atoms with Gasteiger partial charge in [0.25, 0.3) is 5.91 Å². The molecule has 1 aromatic heterocycles. The van der Waals surface area contributed by atoms with Crippen LogP contribution in [0.4, 0.5) is 24.7 Å². The van der Waals surface area contributed by atoms with Crippen LogP contribution in [0, 0.1) is 6.92 Å². The highest BCUT2D eigenvalue weighted by Crippen LogP contribution is 2.30. The van der Waals surface area contributed by atoms with Crippen LogP contribution in [0.3, 0.4) is 0 Å². The molecule has 0 aliphatic carbocycles. The number of aryl methyl sites for hydroxylation is 1. The number of hydrogen-bond acceptors (Lipinski definition) is 5.